The Hall–Kier alpha value is -2.33. The lowest BCUT2D eigenvalue weighted by Gasteiger charge is -2.16. The molecule has 0 aliphatic carbocycles. The molecule has 0 aromatic heterocycles. The van der Waals surface area contributed by atoms with Crippen molar-refractivity contribution >= 4 is 27.7 Å². The maximum Gasteiger partial charge on any atom is 0.407 e. The van der Waals surface area contributed by atoms with E-state index in [1.807, 2.05) is 0 Å². The van der Waals surface area contributed by atoms with Gasteiger partial charge in [-0.25, -0.2) is 13.2 Å². The number of hydrogen-bond acceptors (Lipinski definition) is 6. The maximum absolute atomic E-state index is 12.6. The molecule has 0 atom stereocenters. The van der Waals surface area contributed by atoms with Crippen LogP contribution in [-0.4, -0.2) is 56.1 Å². The van der Waals surface area contributed by atoms with E-state index in [0.29, 0.717) is 13.1 Å². The van der Waals surface area contributed by atoms with Crippen LogP contribution in [0.3, 0.4) is 0 Å². The van der Waals surface area contributed by atoms with Gasteiger partial charge >= 0.3 is 6.09 Å². The van der Waals surface area contributed by atoms with Crippen molar-refractivity contribution in [1.29, 1.82) is 0 Å². The number of anilines is 1. The molecule has 0 bridgehead atoms. The Morgan fingerprint density at radius 2 is 1.96 bits per heavy atom. The van der Waals surface area contributed by atoms with E-state index in [9.17, 15) is 23.1 Å². The van der Waals surface area contributed by atoms with Crippen LogP contribution in [0.15, 0.2) is 23.1 Å². The fraction of sp³-hybridized carbons (Fsp3) is 0.500. The molecular formula is C16H23N3O6S. The summed E-state index contributed by atoms with van der Waals surface area (Å²) in [6, 6.07) is 3.77. The highest BCUT2D eigenvalue weighted by Gasteiger charge is 2.27. The van der Waals surface area contributed by atoms with Gasteiger partial charge in [-0.3, -0.25) is 4.79 Å². The van der Waals surface area contributed by atoms with Crippen LogP contribution in [0, 0.1) is 0 Å². The first-order valence-corrected chi connectivity index (χ1v) is 9.82. The summed E-state index contributed by atoms with van der Waals surface area (Å²) in [5, 5.41) is 14.7. The minimum atomic E-state index is -3.65. The van der Waals surface area contributed by atoms with Crippen molar-refractivity contribution < 1.29 is 27.9 Å². The molecule has 1 aromatic carbocycles. The molecule has 0 saturated carbocycles. The average molecular weight is 385 g/mol. The van der Waals surface area contributed by atoms with E-state index in [2.05, 4.69) is 15.4 Å². The van der Waals surface area contributed by atoms with Crippen molar-refractivity contribution in [2.45, 2.75) is 31.1 Å². The highest BCUT2D eigenvalue weighted by Crippen LogP contribution is 2.29. The number of carbonyl (C=O) groups excluding carboxylic acids is 2. The molecule has 1 heterocycles. The summed E-state index contributed by atoms with van der Waals surface area (Å²) >= 11 is 0. The van der Waals surface area contributed by atoms with E-state index in [1.54, 1.807) is 6.92 Å². The Labute approximate surface area is 152 Å². The molecule has 3 N–H and O–H groups in total. The Bertz CT molecular complexity index is 759. The van der Waals surface area contributed by atoms with Crippen LogP contribution in [0.25, 0.3) is 0 Å². The quantitative estimate of drug-likeness (QED) is 0.607. The molecule has 1 fully saturated rings. The zero-order chi connectivity index (χ0) is 19.2. The Morgan fingerprint density at radius 1 is 1.27 bits per heavy atom. The number of nitrogens with zero attached hydrogens (tertiary/aromatic N) is 1. The molecule has 0 radical (unpaired) electrons. The number of phenolic OH excluding ortho intramolecular Hbond substituents is 1. The number of aromatic hydroxyl groups is 1. The molecule has 0 spiro atoms. The molecule has 144 valence electrons. The summed E-state index contributed by atoms with van der Waals surface area (Å²) in [6.07, 6.45) is 0.950. The minimum Gasteiger partial charge on any atom is -0.506 e. The van der Waals surface area contributed by atoms with Crippen molar-refractivity contribution in [2.75, 3.05) is 31.6 Å². The Morgan fingerprint density at radius 3 is 2.62 bits per heavy atom. The second-order valence-electron chi connectivity index (χ2n) is 5.74. The summed E-state index contributed by atoms with van der Waals surface area (Å²) in [6.45, 7) is 2.87. The van der Waals surface area contributed by atoms with Crippen molar-refractivity contribution in [3.63, 3.8) is 0 Å². The number of alkyl carbamates (subject to hydrolysis) is 1. The third kappa shape index (κ3) is 5.09. The predicted octanol–water partition coefficient (Wildman–Crippen LogP) is 1.25. The standard InChI is InChI=1S/C16H23N3O6S/c1-2-25-16(22)17-8-7-15(21)18-13-11-12(5-6-14(13)20)26(23,24)19-9-3-4-10-19/h5-6,11,20H,2-4,7-10H2,1H3,(H,17,22)(H,18,21). The first-order valence-electron chi connectivity index (χ1n) is 8.38. The number of phenols is 1. The minimum absolute atomic E-state index is 0.00593. The lowest BCUT2D eigenvalue weighted by molar-refractivity contribution is -0.116. The molecule has 2 rings (SSSR count). The summed E-state index contributed by atoms with van der Waals surface area (Å²) in [4.78, 5) is 23.1. The molecule has 2 amide bonds. The van der Waals surface area contributed by atoms with Gasteiger partial charge in [-0.15, -0.1) is 0 Å². The summed E-state index contributed by atoms with van der Waals surface area (Å²) in [7, 11) is -3.65. The van der Waals surface area contributed by atoms with Gasteiger partial charge in [0.15, 0.2) is 0 Å². The van der Waals surface area contributed by atoms with Gasteiger partial charge in [-0.2, -0.15) is 4.31 Å². The van der Waals surface area contributed by atoms with E-state index in [-0.39, 0.29) is 35.9 Å². The van der Waals surface area contributed by atoms with Crippen LogP contribution in [0.1, 0.15) is 26.2 Å². The fourth-order valence-electron chi connectivity index (χ4n) is 2.53. The van der Waals surface area contributed by atoms with Gasteiger partial charge in [0.2, 0.25) is 15.9 Å². The second kappa shape index (κ2) is 8.86. The topological polar surface area (TPSA) is 125 Å². The summed E-state index contributed by atoms with van der Waals surface area (Å²) < 4.78 is 31.2. The van der Waals surface area contributed by atoms with Crippen molar-refractivity contribution in [3.05, 3.63) is 18.2 Å². The highest BCUT2D eigenvalue weighted by atomic mass is 32.2. The number of sulfonamides is 1. The van der Waals surface area contributed by atoms with Gasteiger partial charge in [-0.1, -0.05) is 0 Å². The van der Waals surface area contributed by atoms with Crippen LogP contribution >= 0.6 is 0 Å². The normalized spacial score (nSPS) is 14.8. The number of carbonyl (C=O) groups is 2. The van der Waals surface area contributed by atoms with Crippen LogP contribution in [0.5, 0.6) is 5.75 Å². The first-order chi connectivity index (χ1) is 12.3. The van der Waals surface area contributed by atoms with Crippen LogP contribution in [0.2, 0.25) is 0 Å². The van der Waals surface area contributed by atoms with Gasteiger partial charge in [0.25, 0.3) is 0 Å². The lowest BCUT2D eigenvalue weighted by Crippen LogP contribution is -2.28. The van der Waals surface area contributed by atoms with Crippen LogP contribution < -0.4 is 10.6 Å². The van der Waals surface area contributed by atoms with Crippen molar-refractivity contribution in [1.82, 2.24) is 9.62 Å². The third-order valence-electron chi connectivity index (χ3n) is 3.84. The summed E-state index contributed by atoms with van der Waals surface area (Å²) in [5.74, 6) is -0.718. The Balaban J connectivity index is 2.01. The average Bonchev–Trinajstić information content (AvgIpc) is 3.12. The first kappa shape index (κ1) is 20.0. The third-order valence-corrected chi connectivity index (χ3v) is 5.74. The van der Waals surface area contributed by atoms with E-state index in [0.717, 1.165) is 12.8 Å². The molecular weight excluding hydrogens is 362 g/mol. The monoisotopic (exact) mass is 385 g/mol. The molecule has 1 saturated heterocycles. The maximum atomic E-state index is 12.6. The highest BCUT2D eigenvalue weighted by molar-refractivity contribution is 7.89. The molecule has 10 heteroatoms. The number of ether oxygens (including phenoxy) is 1. The van der Waals surface area contributed by atoms with Crippen molar-refractivity contribution in [3.8, 4) is 5.75 Å². The number of rotatable bonds is 7. The van der Waals surface area contributed by atoms with Gasteiger partial charge in [0.1, 0.15) is 5.75 Å². The van der Waals surface area contributed by atoms with E-state index in [4.69, 9.17) is 0 Å². The van der Waals surface area contributed by atoms with Gasteiger partial charge in [0.05, 0.1) is 17.2 Å². The molecule has 9 nitrogen and oxygen atoms in total. The summed E-state index contributed by atoms with van der Waals surface area (Å²) in [5.41, 5.74) is 0.00593. The Kier molecular flexibility index (Phi) is 6.81. The molecule has 26 heavy (non-hydrogen) atoms. The lowest BCUT2D eigenvalue weighted by atomic mass is 10.3. The van der Waals surface area contributed by atoms with Crippen molar-refractivity contribution in [2.24, 2.45) is 0 Å². The largest absolute Gasteiger partial charge is 0.506 e. The number of amides is 2. The number of nitrogens with one attached hydrogen (secondary N) is 2. The van der Waals surface area contributed by atoms with Crippen LogP contribution in [-0.2, 0) is 19.6 Å². The molecule has 1 aliphatic heterocycles. The zero-order valence-electron chi connectivity index (χ0n) is 14.5. The van der Waals surface area contributed by atoms with Crippen LogP contribution in [0.4, 0.5) is 10.5 Å². The molecule has 0 unspecified atom stereocenters. The SMILES string of the molecule is CCOC(=O)NCCC(=O)Nc1cc(S(=O)(=O)N2CCCC2)ccc1O. The van der Waals surface area contributed by atoms with Gasteiger partial charge in [0, 0.05) is 26.1 Å². The number of benzene rings is 1. The zero-order valence-corrected chi connectivity index (χ0v) is 15.3. The van der Waals surface area contributed by atoms with E-state index < -0.39 is 22.0 Å². The predicted molar refractivity (Wildman–Crippen MR) is 94.4 cm³/mol. The van der Waals surface area contributed by atoms with Gasteiger partial charge in [-0.05, 0) is 38.0 Å². The van der Waals surface area contributed by atoms with E-state index >= 15 is 0 Å². The smallest absolute Gasteiger partial charge is 0.407 e. The second-order valence-corrected chi connectivity index (χ2v) is 7.67. The van der Waals surface area contributed by atoms with E-state index in [1.165, 1.54) is 22.5 Å². The fourth-order valence-corrected chi connectivity index (χ4v) is 4.07. The molecule has 1 aromatic rings. The molecule has 1 aliphatic rings. The van der Waals surface area contributed by atoms with Gasteiger partial charge < -0.3 is 20.5 Å². The number of hydrogen-bond donors (Lipinski definition) is 3.